The minimum atomic E-state index is 0.000206. The minimum absolute atomic E-state index is 0.000206. The number of para-hydroxylation sites is 2. The van der Waals surface area contributed by atoms with Crippen molar-refractivity contribution in [2.75, 3.05) is 14.7 Å². The van der Waals surface area contributed by atoms with Gasteiger partial charge in [0, 0.05) is 44.5 Å². The van der Waals surface area contributed by atoms with E-state index >= 15 is 0 Å². The molecule has 3 nitrogen and oxygen atoms in total. The van der Waals surface area contributed by atoms with Crippen molar-refractivity contribution in [3.63, 3.8) is 0 Å². The fraction of sp³-hybridized carbons (Fsp3) is 0.380. The van der Waals surface area contributed by atoms with E-state index in [9.17, 15) is 0 Å². The lowest BCUT2D eigenvalue weighted by atomic mass is 9.33. The van der Waals surface area contributed by atoms with Crippen molar-refractivity contribution < 1.29 is 0 Å². The maximum Gasteiger partial charge on any atom is 0.254 e. The predicted molar refractivity (Wildman–Crippen MR) is 328 cm³/mol. The average Bonchev–Trinajstić information content (AvgIpc) is 4.03. The lowest BCUT2D eigenvalue weighted by Gasteiger charge is -2.48. The number of fused-ring (bicyclic) bond motifs is 13. The van der Waals surface area contributed by atoms with E-state index in [1.807, 2.05) is 11.3 Å². The zero-order valence-electron chi connectivity index (χ0n) is 47.6. The third-order valence-corrected chi connectivity index (χ3v) is 21.6. The number of hydrogen-bond donors (Lipinski definition) is 0. The highest BCUT2D eigenvalue weighted by molar-refractivity contribution is 7.26. The van der Waals surface area contributed by atoms with Gasteiger partial charge in [-0.15, -0.1) is 11.3 Å². The molecule has 0 N–H and O–H groups in total. The van der Waals surface area contributed by atoms with Crippen LogP contribution in [-0.4, -0.2) is 6.71 Å². The van der Waals surface area contributed by atoms with E-state index in [1.165, 1.54) is 126 Å². The molecular formula is C71H76BN3S. The highest BCUT2D eigenvalue weighted by Crippen LogP contribution is 2.62. The molecule has 5 heteroatoms. The van der Waals surface area contributed by atoms with Crippen LogP contribution in [0.25, 0.3) is 10.1 Å². The molecule has 2 aliphatic heterocycles. The minimum Gasteiger partial charge on any atom is -0.311 e. The van der Waals surface area contributed by atoms with Crippen molar-refractivity contribution in [3.8, 4) is 0 Å². The monoisotopic (exact) mass is 1010 g/mol. The molecule has 1 saturated carbocycles. The molecule has 384 valence electrons. The second kappa shape index (κ2) is 15.8. The van der Waals surface area contributed by atoms with Crippen molar-refractivity contribution in [2.24, 2.45) is 0 Å². The lowest BCUT2D eigenvalue weighted by Crippen LogP contribution is -2.61. The Hall–Kier alpha value is -6.04. The molecule has 0 radical (unpaired) electrons. The van der Waals surface area contributed by atoms with Crippen LogP contribution in [0, 0.1) is 0 Å². The molecule has 2 bridgehead atoms. The summed E-state index contributed by atoms with van der Waals surface area (Å²) < 4.78 is 1.42. The fourth-order valence-electron chi connectivity index (χ4n) is 15.7. The predicted octanol–water partition coefficient (Wildman–Crippen LogP) is 18.2. The molecule has 14 rings (SSSR count). The molecule has 8 aromatic rings. The molecule has 6 aliphatic rings. The molecule has 4 aliphatic carbocycles. The first kappa shape index (κ1) is 48.3. The van der Waals surface area contributed by atoms with Gasteiger partial charge in [0.1, 0.15) is 0 Å². The zero-order valence-corrected chi connectivity index (χ0v) is 48.4. The quantitative estimate of drug-likeness (QED) is 0.159. The molecule has 0 amide bonds. The number of benzene rings is 7. The van der Waals surface area contributed by atoms with E-state index in [0.717, 1.165) is 23.5 Å². The van der Waals surface area contributed by atoms with E-state index in [-0.39, 0.29) is 44.6 Å². The van der Waals surface area contributed by atoms with E-state index in [4.69, 9.17) is 0 Å². The van der Waals surface area contributed by atoms with E-state index in [0.29, 0.717) is 0 Å². The summed E-state index contributed by atoms with van der Waals surface area (Å²) in [7, 11) is 0. The Balaban J connectivity index is 1.15. The normalized spacial score (nSPS) is 22.6. The van der Waals surface area contributed by atoms with Crippen molar-refractivity contribution in [2.45, 2.75) is 173 Å². The van der Waals surface area contributed by atoms with Crippen LogP contribution in [0.15, 0.2) is 140 Å². The summed E-state index contributed by atoms with van der Waals surface area (Å²) in [5, 5.41) is 2.80. The molecule has 76 heavy (non-hydrogen) atoms. The second-order valence-corrected chi connectivity index (χ2v) is 29.6. The fourth-order valence-corrected chi connectivity index (χ4v) is 17.0. The molecule has 0 spiro atoms. The summed E-state index contributed by atoms with van der Waals surface area (Å²) in [6.45, 7) is 32.1. The van der Waals surface area contributed by atoms with Gasteiger partial charge in [0.05, 0.1) is 10.7 Å². The van der Waals surface area contributed by atoms with Gasteiger partial charge in [-0.2, -0.15) is 0 Å². The van der Waals surface area contributed by atoms with Crippen molar-refractivity contribution >= 4 is 95.0 Å². The van der Waals surface area contributed by atoms with Gasteiger partial charge in [-0.3, -0.25) is 0 Å². The summed E-state index contributed by atoms with van der Waals surface area (Å²) in [6, 6.07) is 55.4. The van der Waals surface area contributed by atoms with Gasteiger partial charge in [-0.05, 0) is 222 Å². The Labute approximate surface area is 458 Å². The van der Waals surface area contributed by atoms with Crippen LogP contribution in [0.1, 0.15) is 174 Å². The van der Waals surface area contributed by atoms with Crippen LogP contribution in [-0.2, 0) is 37.9 Å². The highest BCUT2D eigenvalue weighted by Gasteiger charge is 2.54. The summed E-state index contributed by atoms with van der Waals surface area (Å²) in [5.74, 6) is 0. The summed E-state index contributed by atoms with van der Waals surface area (Å²) >= 11 is 2.04. The average molecular weight is 1010 g/mol. The zero-order chi connectivity index (χ0) is 52.9. The molecule has 7 aromatic carbocycles. The summed E-state index contributed by atoms with van der Waals surface area (Å²) in [6.07, 6.45) is 8.48. The third kappa shape index (κ3) is 6.91. The van der Waals surface area contributed by atoms with Gasteiger partial charge in [-0.1, -0.05) is 151 Å². The van der Waals surface area contributed by atoms with Crippen LogP contribution in [0.5, 0.6) is 0 Å². The Morgan fingerprint density at radius 3 is 1.54 bits per heavy atom. The van der Waals surface area contributed by atoms with Crippen LogP contribution in [0.2, 0.25) is 0 Å². The molecule has 1 fully saturated rings. The second-order valence-electron chi connectivity index (χ2n) is 28.5. The molecule has 1 aromatic heterocycles. The van der Waals surface area contributed by atoms with Crippen LogP contribution in [0.4, 0.5) is 50.5 Å². The molecule has 0 saturated heterocycles. The van der Waals surface area contributed by atoms with E-state index in [1.54, 1.807) is 11.1 Å². The van der Waals surface area contributed by atoms with Gasteiger partial charge in [-0.25, -0.2) is 0 Å². The van der Waals surface area contributed by atoms with E-state index in [2.05, 4.69) is 244 Å². The van der Waals surface area contributed by atoms with Crippen LogP contribution < -0.4 is 31.1 Å². The Morgan fingerprint density at radius 1 is 0.447 bits per heavy atom. The van der Waals surface area contributed by atoms with Crippen LogP contribution in [0.3, 0.4) is 0 Å². The largest absolute Gasteiger partial charge is 0.311 e. The standard InChI is InChI=1S/C71H76BN3S/c1-65(2,3)44-24-26-47(27-25-44)75-60-38-49(73(45-20-16-14-17-21-45)46-22-18-15-19-23-46)37-59-63(60)72(62-50-39-55-56(42-61(50)76-64(62)75)71(13)35-34-70(55,12)43-71)57-40-53-54(69(10,11)33-32-68(53,8)9)41-58(57)74(59)48-28-29-51-52(36-48)67(6,7)31-30-66(51,4)5/h14-29,36-42H,30-35,43H2,1-13H3. The number of hydrogen-bond acceptors (Lipinski definition) is 4. The Kier molecular flexibility index (Phi) is 10.1. The van der Waals surface area contributed by atoms with Gasteiger partial charge >= 0.3 is 0 Å². The van der Waals surface area contributed by atoms with Gasteiger partial charge in [0.25, 0.3) is 6.71 Å². The first-order valence-corrected chi connectivity index (χ1v) is 29.5. The lowest BCUT2D eigenvalue weighted by molar-refractivity contribution is 0.332. The third-order valence-electron chi connectivity index (χ3n) is 20.5. The molecular weight excluding hydrogens is 938 g/mol. The SMILES string of the molecule is CC(C)(C)c1ccc(N2c3cc(N(c4ccccc4)c4ccccc4)cc4c3B(c3cc5c(cc3N4c3ccc4c(c3)C(C)(C)CCC4(C)C)C(C)(C)CCC5(C)C)c3c2sc2cc4c(cc32)C2(C)CCC4(C)C2)cc1. The summed E-state index contributed by atoms with van der Waals surface area (Å²) in [4.78, 5) is 7.95. The number of thiophene rings is 1. The van der Waals surface area contributed by atoms with Crippen molar-refractivity contribution in [1.29, 1.82) is 0 Å². The number of anilines is 9. The maximum absolute atomic E-state index is 2.75. The van der Waals surface area contributed by atoms with Gasteiger partial charge in [0.2, 0.25) is 0 Å². The number of rotatable bonds is 5. The van der Waals surface area contributed by atoms with Gasteiger partial charge in [0.15, 0.2) is 0 Å². The first-order chi connectivity index (χ1) is 36.0. The van der Waals surface area contributed by atoms with Gasteiger partial charge < -0.3 is 14.7 Å². The topological polar surface area (TPSA) is 9.72 Å². The van der Waals surface area contributed by atoms with Crippen LogP contribution >= 0.6 is 11.3 Å². The van der Waals surface area contributed by atoms with Crippen molar-refractivity contribution in [1.82, 2.24) is 0 Å². The van der Waals surface area contributed by atoms with E-state index < -0.39 is 0 Å². The molecule has 2 atom stereocenters. The smallest absolute Gasteiger partial charge is 0.254 e. The highest BCUT2D eigenvalue weighted by atomic mass is 32.1. The maximum atomic E-state index is 2.75. The molecule has 3 heterocycles. The molecule has 2 unspecified atom stereocenters. The number of nitrogens with zero attached hydrogens (tertiary/aromatic N) is 3. The van der Waals surface area contributed by atoms with Crippen molar-refractivity contribution in [3.05, 3.63) is 178 Å². The Bertz CT molecular complexity index is 3680. The Morgan fingerprint density at radius 2 is 0.961 bits per heavy atom. The first-order valence-electron chi connectivity index (χ1n) is 28.7. The summed E-state index contributed by atoms with van der Waals surface area (Å²) in [5.41, 5.74) is 25.3.